The van der Waals surface area contributed by atoms with Crippen LogP contribution in [0.4, 0.5) is 0 Å². The first-order valence-electron chi connectivity index (χ1n) is 12.3. The molecule has 4 aliphatic carbocycles. The van der Waals surface area contributed by atoms with Crippen molar-refractivity contribution < 1.29 is 14.4 Å². The summed E-state index contributed by atoms with van der Waals surface area (Å²) < 4.78 is 1.59. The van der Waals surface area contributed by atoms with E-state index in [2.05, 4.69) is 21.3 Å². The van der Waals surface area contributed by atoms with Crippen molar-refractivity contribution in [3.05, 3.63) is 52.8 Å². The molecule has 0 unspecified atom stereocenters. The molecule has 0 saturated heterocycles. The highest BCUT2D eigenvalue weighted by Gasteiger charge is 2.54. The lowest BCUT2D eigenvalue weighted by Gasteiger charge is -2.55. The van der Waals surface area contributed by atoms with Crippen molar-refractivity contribution in [3.63, 3.8) is 0 Å². The zero-order valence-electron chi connectivity index (χ0n) is 19.9. The lowest BCUT2D eigenvalue weighted by molar-refractivity contribution is -0.146. The van der Waals surface area contributed by atoms with Crippen molar-refractivity contribution in [2.45, 2.75) is 65.5 Å². The zero-order chi connectivity index (χ0) is 23.9. The molecular weight excluding hydrogens is 430 g/mol. The number of hydrogen-bond acceptors (Lipinski definition) is 4. The van der Waals surface area contributed by atoms with Gasteiger partial charge in [0.2, 0.25) is 5.91 Å². The number of hydrogen-bond donors (Lipinski definition) is 3. The summed E-state index contributed by atoms with van der Waals surface area (Å²) in [5.74, 6) is 1.67. The van der Waals surface area contributed by atoms with Gasteiger partial charge in [0.15, 0.2) is 0 Å². The van der Waals surface area contributed by atoms with Crippen LogP contribution in [0.15, 0.2) is 30.3 Å². The summed E-state index contributed by atoms with van der Waals surface area (Å²) >= 11 is 0. The number of carbonyl (C=O) groups excluding carboxylic acids is 3. The van der Waals surface area contributed by atoms with Crippen molar-refractivity contribution in [3.8, 4) is 0 Å². The molecule has 34 heavy (non-hydrogen) atoms. The first kappa shape index (κ1) is 22.6. The zero-order valence-corrected chi connectivity index (χ0v) is 19.9. The highest BCUT2D eigenvalue weighted by Crippen LogP contribution is 2.60. The van der Waals surface area contributed by atoms with Gasteiger partial charge in [-0.25, -0.2) is 0 Å². The molecule has 0 atom stereocenters. The van der Waals surface area contributed by atoms with E-state index in [-0.39, 0.29) is 23.8 Å². The third kappa shape index (κ3) is 4.58. The Morgan fingerprint density at radius 1 is 0.971 bits per heavy atom. The van der Waals surface area contributed by atoms with Gasteiger partial charge in [-0.05, 0) is 93.9 Å². The van der Waals surface area contributed by atoms with Crippen LogP contribution in [0.1, 0.15) is 65.8 Å². The largest absolute Gasteiger partial charge is 0.352 e. The molecule has 4 bridgehead atoms. The fourth-order valence-electron chi connectivity index (χ4n) is 6.74. The van der Waals surface area contributed by atoms with Crippen molar-refractivity contribution in [1.82, 2.24) is 25.9 Å². The van der Waals surface area contributed by atoms with Crippen LogP contribution in [0.25, 0.3) is 0 Å². The van der Waals surface area contributed by atoms with E-state index in [1.165, 1.54) is 19.3 Å². The third-order valence-corrected chi connectivity index (χ3v) is 7.90. The smallest absolute Gasteiger partial charge is 0.269 e. The maximum absolute atomic E-state index is 13.1. The monoisotopic (exact) mass is 463 g/mol. The van der Waals surface area contributed by atoms with Gasteiger partial charge in [0.05, 0.1) is 5.69 Å². The highest BCUT2D eigenvalue weighted by molar-refractivity contribution is 5.95. The number of amides is 3. The second-order valence-corrected chi connectivity index (χ2v) is 10.7. The second kappa shape index (κ2) is 8.89. The number of nitrogens with one attached hydrogen (secondary N) is 3. The molecule has 0 spiro atoms. The molecule has 2 aromatic rings. The predicted molar refractivity (Wildman–Crippen MR) is 126 cm³/mol. The van der Waals surface area contributed by atoms with Crippen LogP contribution >= 0.6 is 0 Å². The Hall–Kier alpha value is -3.16. The molecule has 4 aliphatic rings. The Labute approximate surface area is 199 Å². The highest BCUT2D eigenvalue weighted by atomic mass is 16.2. The van der Waals surface area contributed by atoms with Gasteiger partial charge in [-0.1, -0.05) is 12.1 Å². The van der Waals surface area contributed by atoms with E-state index in [9.17, 15) is 14.4 Å². The first-order valence-corrected chi connectivity index (χ1v) is 12.3. The van der Waals surface area contributed by atoms with E-state index in [0.29, 0.717) is 12.1 Å². The van der Waals surface area contributed by atoms with Crippen molar-refractivity contribution in [2.24, 2.45) is 23.2 Å². The fourth-order valence-corrected chi connectivity index (χ4v) is 6.74. The second-order valence-electron chi connectivity index (χ2n) is 10.7. The standard InChI is InChI=1S/C26H33N5O3/c1-16-7-17(2)31(30-16)15-23(32)28-29-24(33)22-5-3-18(4-6-22)14-27-25(34)26-11-19-8-20(12-26)10-21(9-19)13-26/h3-7,19-21H,8-15H2,1-2H3,(H,27,34)(H,28,32)(H,29,33). The Bertz CT molecular complexity index is 1070. The average molecular weight is 464 g/mol. The van der Waals surface area contributed by atoms with Crippen LogP contribution in [0.2, 0.25) is 0 Å². The molecule has 4 fully saturated rings. The SMILES string of the molecule is Cc1cc(C)n(CC(=O)NNC(=O)c2ccc(CNC(=O)C34CC5CC(CC(C5)C3)C4)cc2)n1. The minimum Gasteiger partial charge on any atom is -0.352 e. The fraction of sp³-hybridized carbons (Fsp3) is 0.538. The van der Waals surface area contributed by atoms with Gasteiger partial charge in [-0.2, -0.15) is 5.10 Å². The molecule has 1 aromatic carbocycles. The molecule has 3 N–H and O–H groups in total. The molecule has 4 saturated carbocycles. The lowest BCUT2D eigenvalue weighted by atomic mass is 9.49. The van der Waals surface area contributed by atoms with Crippen LogP contribution in [-0.2, 0) is 22.7 Å². The van der Waals surface area contributed by atoms with E-state index in [0.717, 1.165) is 54.0 Å². The summed E-state index contributed by atoms with van der Waals surface area (Å²) in [6.07, 6.45) is 7.11. The maximum atomic E-state index is 13.1. The first-order chi connectivity index (χ1) is 16.3. The minimum atomic E-state index is -0.397. The van der Waals surface area contributed by atoms with Gasteiger partial charge in [-0.15, -0.1) is 0 Å². The summed E-state index contributed by atoms with van der Waals surface area (Å²) in [6, 6.07) is 8.97. The Kier molecular flexibility index (Phi) is 5.91. The van der Waals surface area contributed by atoms with Crippen LogP contribution in [0, 0.1) is 37.0 Å². The van der Waals surface area contributed by atoms with Gasteiger partial charge in [0.25, 0.3) is 11.8 Å². The van der Waals surface area contributed by atoms with Crippen LogP contribution in [0.3, 0.4) is 0 Å². The Balaban J connectivity index is 1.10. The van der Waals surface area contributed by atoms with E-state index >= 15 is 0 Å². The molecule has 8 heteroatoms. The molecule has 1 aromatic heterocycles. The van der Waals surface area contributed by atoms with Crippen molar-refractivity contribution in [2.75, 3.05) is 0 Å². The van der Waals surface area contributed by atoms with Gasteiger partial charge < -0.3 is 5.32 Å². The van der Waals surface area contributed by atoms with Gasteiger partial charge in [-0.3, -0.25) is 29.9 Å². The molecule has 0 radical (unpaired) electrons. The molecule has 1 heterocycles. The van der Waals surface area contributed by atoms with E-state index in [4.69, 9.17) is 0 Å². The van der Waals surface area contributed by atoms with E-state index in [1.807, 2.05) is 32.0 Å². The van der Waals surface area contributed by atoms with Crippen molar-refractivity contribution >= 4 is 17.7 Å². The summed E-state index contributed by atoms with van der Waals surface area (Å²) in [5.41, 5.74) is 7.81. The van der Waals surface area contributed by atoms with Crippen LogP contribution in [-0.4, -0.2) is 27.5 Å². The Morgan fingerprint density at radius 3 is 2.15 bits per heavy atom. The molecular formula is C26H33N5O3. The number of aromatic nitrogens is 2. The number of nitrogens with zero attached hydrogens (tertiary/aromatic N) is 2. The molecule has 3 amide bonds. The average Bonchev–Trinajstić information content (AvgIpc) is 3.11. The number of hydrazine groups is 1. The quantitative estimate of drug-likeness (QED) is 0.573. The van der Waals surface area contributed by atoms with E-state index in [1.54, 1.807) is 16.8 Å². The normalized spacial score (nSPS) is 26.8. The minimum absolute atomic E-state index is 0.0301. The number of aryl methyl sites for hydroxylation is 2. The summed E-state index contributed by atoms with van der Waals surface area (Å²) in [7, 11) is 0. The maximum Gasteiger partial charge on any atom is 0.269 e. The molecule has 6 rings (SSSR count). The molecule has 8 nitrogen and oxygen atoms in total. The van der Waals surface area contributed by atoms with Gasteiger partial charge >= 0.3 is 0 Å². The van der Waals surface area contributed by atoms with Gasteiger partial charge in [0.1, 0.15) is 6.54 Å². The van der Waals surface area contributed by atoms with E-state index < -0.39 is 5.91 Å². The summed E-state index contributed by atoms with van der Waals surface area (Å²) in [6.45, 7) is 4.23. The lowest BCUT2D eigenvalue weighted by Crippen LogP contribution is -2.53. The summed E-state index contributed by atoms with van der Waals surface area (Å²) in [4.78, 5) is 37.6. The van der Waals surface area contributed by atoms with Crippen LogP contribution in [0.5, 0.6) is 0 Å². The number of rotatable bonds is 6. The third-order valence-electron chi connectivity index (χ3n) is 7.90. The number of carbonyl (C=O) groups is 3. The van der Waals surface area contributed by atoms with Crippen LogP contribution < -0.4 is 16.2 Å². The molecule has 0 aliphatic heterocycles. The van der Waals surface area contributed by atoms with Crippen molar-refractivity contribution in [1.29, 1.82) is 0 Å². The van der Waals surface area contributed by atoms with Gasteiger partial charge in [0, 0.05) is 23.2 Å². The molecule has 180 valence electrons. The topological polar surface area (TPSA) is 105 Å². The Morgan fingerprint density at radius 2 is 1.59 bits per heavy atom. The predicted octanol–water partition coefficient (Wildman–Crippen LogP) is 2.79. The number of benzene rings is 1. The summed E-state index contributed by atoms with van der Waals surface area (Å²) in [5, 5.41) is 7.41.